The summed E-state index contributed by atoms with van der Waals surface area (Å²) in [5.41, 5.74) is -0.0958. The van der Waals surface area contributed by atoms with Crippen molar-refractivity contribution >= 4 is 23.4 Å². The number of halogens is 1. The molecule has 1 aromatic heterocycles. The van der Waals surface area contributed by atoms with Crippen LogP contribution in [0.1, 0.15) is 10.5 Å². The van der Waals surface area contributed by atoms with Gasteiger partial charge in [-0.15, -0.1) is 0 Å². The maximum Gasteiger partial charge on any atom is 0.354 e. The van der Waals surface area contributed by atoms with Gasteiger partial charge in [-0.05, 0) is 11.6 Å². The zero-order valence-electron chi connectivity index (χ0n) is 8.39. The van der Waals surface area contributed by atoms with E-state index in [4.69, 9.17) is 21.4 Å². The first-order valence-electron chi connectivity index (χ1n) is 4.77. The Bertz CT molecular complexity index is 407. The van der Waals surface area contributed by atoms with Gasteiger partial charge in [-0.2, -0.15) is 0 Å². The van der Waals surface area contributed by atoms with Gasteiger partial charge in [0.2, 0.25) is 5.28 Å². The van der Waals surface area contributed by atoms with Gasteiger partial charge in [0, 0.05) is 19.2 Å². The summed E-state index contributed by atoms with van der Waals surface area (Å²) < 4.78 is 5.19. The highest BCUT2D eigenvalue weighted by molar-refractivity contribution is 6.28. The first kappa shape index (κ1) is 11.1. The Morgan fingerprint density at radius 3 is 2.75 bits per heavy atom. The number of carboxylic acids is 1. The molecule has 86 valence electrons. The summed E-state index contributed by atoms with van der Waals surface area (Å²) in [6.07, 6.45) is 0. The van der Waals surface area contributed by atoms with Gasteiger partial charge in [0.25, 0.3) is 0 Å². The van der Waals surface area contributed by atoms with E-state index in [1.807, 2.05) is 4.90 Å². The highest BCUT2D eigenvalue weighted by Crippen LogP contribution is 2.16. The van der Waals surface area contributed by atoms with Gasteiger partial charge in [-0.3, -0.25) is 0 Å². The zero-order chi connectivity index (χ0) is 11.5. The molecule has 0 aliphatic carbocycles. The monoisotopic (exact) mass is 243 g/mol. The number of nitrogens with zero attached hydrogens (tertiary/aromatic N) is 3. The molecule has 0 saturated carbocycles. The fourth-order valence-corrected chi connectivity index (χ4v) is 1.65. The Hall–Kier alpha value is -1.40. The molecule has 1 saturated heterocycles. The molecule has 0 radical (unpaired) electrons. The summed E-state index contributed by atoms with van der Waals surface area (Å²) in [4.78, 5) is 20.3. The van der Waals surface area contributed by atoms with Crippen molar-refractivity contribution in [2.45, 2.75) is 0 Å². The van der Waals surface area contributed by atoms with Crippen LogP contribution in [0, 0.1) is 0 Å². The van der Waals surface area contributed by atoms with Crippen LogP contribution in [-0.4, -0.2) is 47.3 Å². The highest BCUT2D eigenvalue weighted by atomic mass is 35.5. The molecule has 0 aromatic carbocycles. The van der Waals surface area contributed by atoms with Crippen molar-refractivity contribution in [1.29, 1.82) is 0 Å². The smallest absolute Gasteiger partial charge is 0.354 e. The number of carboxylic acid groups (broad SMARTS) is 1. The molecule has 1 aliphatic heterocycles. The van der Waals surface area contributed by atoms with Crippen LogP contribution in [0.5, 0.6) is 0 Å². The molecule has 7 heteroatoms. The third-order valence-electron chi connectivity index (χ3n) is 2.24. The molecule has 2 heterocycles. The van der Waals surface area contributed by atoms with Crippen LogP contribution in [0.2, 0.25) is 5.28 Å². The van der Waals surface area contributed by atoms with Gasteiger partial charge in [-0.25, -0.2) is 14.8 Å². The van der Waals surface area contributed by atoms with Gasteiger partial charge < -0.3 is 14.7 Å². The minimum Gasteiger partial charge on any atom is -0.477 e. The van der Waals surface area contributed by atoms with Crippen LogP contribution < -0.4 is 4.90 Å². The predicted octanol–water partition coefficient (Wildman–Crippen LogP) is 0.665. The fraction of sp³-hybridized carbons (Fsp3) is 0.444. The summed E-state index contributed by atoms with van der Waals surface area (Å²) >= 11 is 5.67. The molecule has 0 atom stereocenters. The molecule has 1 N–H and O–H groups in total. The number of hydrogen-bond donors (Lipinski definition) is 1. The van der Waals surface area contributed by atoms with E-state index in [2.05, 4.69) is 9.97 Å². The summed E-state index contributed by atoms with van der Waals surface area (Å²) in [7, 11) is 0. The SMILES string of the molecule is O=C(O)c1cc(N2CCOCC2)nc(Cl)n1. The summed E-state index contributed by atoms with van der Waals surface area (Å²) in [5.74, 6) is -0.584. The summed E-state index contributed by atoms with van der Waals surface area (Å²) in [6.45, 7) is 2.55. The number of ether oxygens (including phenoxy) is 1. The molecule has 1 aromatic rings. The Morgan fingerprint density at radius 1 is 1.44 bits per heavy atom. The fourth-order valence-electron chi connectivity index (χ4n) is 1.47. The van der Waals surface area contributed by atoms with E-state index < -0.39 is 5.97 Å². The van der Waals surface area contributed by atoms with E-state index in [0.717, 1.165) is 0 Å². The topological polar surface area (TPSA) is 75.5 Å². The number of anilines is 1. The Kier molecular flexibility index (Phi) is 3.21. The van der Waals surface area contributed by atoms with Crippen LogP contribution in [0.3, 0.4) is 0 Å². The average molecular weight is 244 g/mol. The van der Waals surface area contributed by atoms with Crippen molar-refractivity contribution in [3.05, 3.63) is 17.0 Å². The van der Waals surface area contributed by atoms with Gasteiger partial charge in [-0.1, -0.05) is 0 Å². The molecular weight excluding hydrogens is 234 g/mol. The molecular formula is C9H10ClN3O3. The maximum atomic E-state index is 10.8. The molecule has 16 heavy (non-hydrogen) atoms. The Balaban J connectivity index is 2.28. The molecule has 2 rings (SSSR count). The van der Waals surface area contributed by atoms with Crippen LogP contribution in [0.4, 0.5) is 5.82 Å². The number of carbonyl (C=O) groups is 1. The van der Waals surface area contributed by atoms with Crippen LogP contribution >= 0.6 is 11.6 Å². The second-order valence-electron chi connectivity index (χ2n) is 3.28. The molecule has 0 bridgehead atoms. The van der Waals surface area contributed by atoms with Gasteiger partial charge >= 0.3 is 5.97 Å². The second-order valence-corrected chi connectivity index (χ2v) is 3.62. The van der Waals surface area contributed by atoms with Crippen molar-refractivity contribution in [3.63, 3.8) is 0 Å². The Labute approximate surface area is 96.8 Å². The normalized spacial score (nSPS) is 16.2. The maximum absolute atomic E-state index is 10.8. The molecule has 0 unspecified atom stereocenters. The number of rotatable bonds is 2. The standard InChI is InChI=1S/C9H10ClN3O3/c10-9-11-6(8(14)15)5-7(12-9)13-1-3-16-4-2-13/h5H,1-4H2,(H,14,15). The van der Waals surface area contributed by atoms with Crippen molar-refractivity contribution in [1.82, 2.24) is 9.97 Å². The first-order chi connectivity index (χ1) is 7.66. The second kappa shape index (κ2) is 4.63. The minimum absolute atomic E-state index is 0.0543. The summed E-state index contributed by atoms with van der Waals surface area (Å²) in [5, 5.41) is 8.79. The van der Waals surface area contributed by atoms with Crippen molar-refractivity contribution in [2.24, 2.45) is 0 Å². The van der Waals surface area contributed by atoms with Gasteiger partial charge in [0.15, 0.2) is 5.69 Å². The quantitative estimate of drug-likeness (QED) is 0.770. The van der Waals surface area contributed by atoms with Crippen LogP contribution in [0.25, 0.3) is 0 Å². The number of aromatic carboxylic acids is 1. The number of hydrogen-bond acceptors (Lipinski definition) is 5. The molecule has 1 fully saturated rings. The number of aromatic nitrogens is 2. The van der Waals surface area contributed by atoms with E-state index in [1.54, 1.807) is 0 Å². The molecule has 0 spiro atoms. The van der Waals surface area contributed by atoms with Gasteiger partial charge in [0.05, 0.1) is 13.2 Å². The van der Waals surface area contributed by atoms with E-state index in [-0.39, 0.29) is 11.0 Å². The molecule has 1 aliphatic rings. The lowest BCUT2D eigenvalue weighted by molar-refractivity contribution is 0.0690. The largest absolute Gasteiger partial charge is 0.477 e. The molecule has 6 nitrogen and oxygen atoms in total. The number of morpholine rings is 1. The Morgan fingerprint density at radius 2 is 2.12 bits per heavy atom. The van der Waals surface area contributed by atoms with Crippen LogP contribution in [0.15, 0.2) is 6.07 Å². The third kappa shape index (κ3) is 2.40. The zero-order valence-corrected chi connectivity index (χ0v) is 9.15. The van der Waals surface area contributed by atoms with Gasteiger partial charge in [0.1, 0.15) is 5.82 Å². The third-order valence-corrected chi connectivity index (χ3v) is 2.41. The lowest BCUT2D eigenvalue weighted by Gasteiger charge is -2.27. The van der Waals surface area contributed by atoms with E-state index in [0.29, 0.717) is 32.1 Å². The summed E-state index contributed by atoms with van der Waals surface area (Å²) in [6, 6.07) is 1.42. The van der Waals surface area contributed by atoms with Crippen molar-refractivity contribution in [3.8, 4) is 0 Å². The van der Waals surface area contributed by atoms with Crippen LogP contribution in [-0.2, 0) is 4.74 Å². The van der Waals surface area contributed by atoms with Crippen molar-refractivity contribution < 1.29 is 14.6 Å². The van der Waals surface area contributed by atoms with E-state index in [1.165, 1.54) is 6.07 Å². The highest BCUT2D eigenvalue weighted by Gasteiger charge is 2.16. The minimum atomic E-state index is -1.11. The lowest BCUT2D eigenvalue weighted by Crippen LogP contribution is -2.37. The van der Waals surface area contributed by atoms with E-state index in [9.17, 15) is 4.79 Å². The van der Waals surface area contributed by atoms with E-state index >= 15 is 0 Å². The average Bonchev–Trinajstić information content (AvgIpc) is 2.29. The lowest BCUT2D eigenvalue weighted by atomic mass is 10.3. The first-order valence-corrected chi connectivity index (χ1v) is 5.15. The predicted molar refractivity (Wildman–Crippen MR) is 57.0 cm³/mol. The molecule has 0 amide bonds. The van der Waals surface area contributed by atoms with Crippen molar-refractivity contribution in [2.75, 3.05) is 31.2 Å².